The fourth-order valence-electron chi connectivity index (χ4n) is 2.98. The average molecular weight is 397 g/mol. The molecule has 0 saturated heterocycles. The average Bonchev–Trinajstić information content (AvgIpc) is 3.21. The molecule has 7 nitrogen and oxygen atoms in total. The van der Waals surface area contributed by atoms with Gasteiger partial charge in [0.05, 0.1) is 23.0 Å². The zero-order valence-corrected chi connectivity index (χ0v) is 16.4. The van der Waals surface area contributed by atoms with Crippen molar-refractivity contribution in [3.63, 3.8) is 0 Å². The van der Waals surface area contributed by atoms with Gasteiger partial charge in [-0.2, -0.15) is 5.10 Å². The number of benzene rings is 1. The molecule has 0 fully saturated rings. The number of carbonyl (C=O) groups is 1. The molecule has 1 atom stereocenters. The number of carbonyl (C=O) groups excluding carboxylic acids is 1. The van der Waals surface area contributed by atoms with Crippen LogP contribution in [-0.2, 0) is 4.79 Å². The number of hydrogen-bond donors (Lipinski definition) is 2. The lowest BCUT2D eigenvalue weighted by molar-refractivity contribution is -0.119. The summed E-state index contributed by atoms with van der Waals surface area (Å²) >= 11 is 0. The minimum atomic E-state index is -0.535. The molecular weight excluding hydrogens is 373 g/mol. The van der Waals surface area contributed by atoms with Gasteiger partial charge in [-0.15, -0.1) is 0 Å². The Kier molecular flexibility index (Phi) is 6.56. The van der Waals surface area contributed by atoms with Crippen LogP contribution in [0, 0.1) is 0 Å². The van der Waals surface area contributed by atoms with E-state index in [0.29, 0.717) is 18.0 Å². The molecule has 152 valence electrons. The van der Waals surface area contributed by atoms with Crippen LogP contribution >= 0.6 is 0 Å². The quantitative estimate of drug-likeness (QED) is 0.579. The normalized spacial score (nSPS) is 12.1. The summed E-state index contributed by atoms with van der Waals surface area (Å²) in [5, 5.41) is 7.34. The van der Waals surface area contributed by atoms with E-state index in [1.165, 1.54) is 0 Å². The van der Waals surface area contributed by atoms with Crippen molar-refractivity contribution in [2.45, 2.75) is 5.92 Å². The molecule has 0 spiro atoms. The number of halogens is 1. The molecule has 0 radical (unpaired) electrons. The van der Waals surface area contributed by atoms with Gasteiger partial charge in [0.1, 0.15) is 19.0 Å². The first-order chi connectivity index (χ1) is 14.0. The number of alkyl halides is 1. The lowest BCUT2D eigenvalue weighted by atomic mass is 10.0. The van der Waals surface area contributed by atoms with Crippen LogP contribution in [0.25, 0.3) is 22.5 Å². The number of amides is 1. The van der Waals surface area contributed by atoms with E-state index in [4.69, 9.17) is 10.5 Å². The molecule has 0 saturated carbocycles. The highest BCUT2D eigenvalue weighted by Crippen LogP contribution is 2.27. The van der Waals surface area contributed by atoms with Crippen LogP contribution in [0.5, 0.6) is 5.75 Å². The predicted octanol–water partition coefficient (Wildman–Crippen LogP) is 2.62. The first-order valence-corrected chi connectivity index (χ1v) is 9.23. The number of rotatable bonds is 9. The predicted molar refractivity (Wildman–Crippen MR) is 109 cm³/mol. The van der Waals surface area contributed by atoms with Gasteiger partial charge in [0, 0.05) is 23.9 Å². The molecule has 3 rings (SSSR count). The summed E-state index contributed by atoms with van der Waals surface area (Å²) in [6.45, 7) is -0.0164. The van der Waals surface area contributed by atoms with Crippen LogP contribution < -0.4 is 10.5 Å². The zero-order chi connectivity index (χ0) is 20.8. The van der Waals surface area contributed by atoms with Crippen molar-refractivity contribution in [3.8, 4) is 28.3 Å². The third-order valence-corrected chi connectivity index (χ3v) is 4.40. The van der Waals surface area contributed by atoms with Crippen LogP contribution in [0.1, 0.15) is 11.6 Å². The van der Waals surface area contributed by atoms with Gasteiger partial charge in [0.2, 0.25) is 5.91 Å². The second-order valence-corrected chi connectivity index (χ2v) is 6.92. The fraction of sp³-hybridized carbons (Fsp3) is 0.286. The summed E-state index contributed by atoms with van der Waals surface area (Å²) in [7, 11) is 3.76. The van der Waals surface area contributed by atoms with E-state index in [9.17, 15) is 9.18 Å². The van der Waals surface area contributed by atoms with Gasteiger partial charge < -0.3 is 15.4 Å². The molecule has 8 heteroatoms. The first-order valence-electron chi connectivity index (χ1n) is 9.23. The number of hydrogen-bond acceptors (Lipinski definition) is 5. The van der Waals surface area contributed by atoms with Gasteiger partial charge in [0.25, 0.3) is 0 Å². The van der Waals surface area contributed by atoms with Crippen molar-refractivity contribution in [1.29, 1.82) is 0 Å². The SMILES string of the molecule is CN(C)CC(C(N)=O)c1ccc(-c2cc(-c3cccc(OCCF)c3)[nH]n2)cn1. The minimum absolute atomic E-state index is 0.0236. The highest BCUT2D eigenvalue weighted by Gasteiger charge is 2.20. The van der Waals surface area contributed by atoms with Crippen molar-refractivity contribution in [1.82, 2.24) is 20.1 Å². The Morgan fingerprint density at radius 2 is 2.07 bits per heavy atom. The summed E-state index contributed by atoms with van der Waals surface area (Å²) < 4.78 is 17.6. The summed E-state index contributed by atoms with van der Waals surface area (Å²) in [6.07, 6.45) is 1.68. The molecule has 1 aromatic carbocycles. The molecular formula is C21H24FN5O2. The lowest BCUT2D eigenvalue weighted by Crippen LogP contribution is -2.31. The standard InChI is InChI=1S/C21H24FN5O2/c1-27(2)13-17(21(23)28)18-7-6-15(12-24-18)20-11-19(25-26-20)14-4-3-5-16(10-14)29-9-8-22/h3-7,10-12,17H,8-9,13H2,1-2H3,(H2,23,28)(H,25,26). The van der Waals surface area contributed by atoms with E-state index >= 15 is 0 Å². The summed E-state index contributed by atoms with van der Waals surface area (Å²) in [4.78, 5) is 18.1. The molecule has 0 aliphatic heterocycles. The molecule has 3 N–H and O–H groups in total. The van der Waals surface area contributed by atoms with E-state index in [1.807, 2.05) is 49.3 Å². The van der Waals surface area contributed by atoms with Crippen LogP contribution in [0.2, 0.25) is 0 Å². The van der Waals surface area contributed by atoms with Gasteiger partial charge in [0.15, 0.2) is 0 Å². The summed E-state index contributed by atoms with van der Waals surface area (Å²) in [5.74, 6) is -0.280. The molecule has 0 aliphatic carbocycles. The number of nitrogens with one attached hydrogen (secondary N) is 1. The largest absolute Gasteiger partial charge is 0.491 e. The summed E-state index contributed by atoms with van der Waals surface area (Å²) in [6, 6.07) is 12.9. The van der Waals surface area contributed by atoms with Crippen LogP contribution in [0.15, 0.2) is 48.7 Å². The van der Waals surface area contributed by atoms with Gasteiger partial charge in [-0.3, -0.25) is 14.9 Å². The van der Waals surface area contributed by atoms with E-state index < -0.39 is 18.5 Å². The number of aromatic amines is 1. The van der Waals surface area contributed by atoms with E-state index in [1.54, 1.807) is 18.3 Å². The summed E-state index contributed by atoms with van der Waals surface area (Å²) in [5.41, 5.74) is 9.37. The maximum absolute atomic E-state index is 12.3. The number of aromatic nitrogens is 3. The van der Waals surface area contributed by atoms with Gasteiger partial charge >= 0.3 is 0 Å². The highest BCUT2D eigenvalue weighted by atomic mass is 19.1. The number of nitrogens with zero attached hydrogens (tertiary/aromatic N) is 3. The number of pyridine rings is 1. The Morgan fingerprint density at radius 3 is 2.72 bits per heavy atom. The number of nitrogens with two attached hydrogens (primary N) is 1. The Balaban J connectivity index is 1.79. The molecule has 0 aliphatic rings. The third-order valence-electron chi connectivity index (χ3n) is 4.40. The Morgan fingerprint density at radius 1 is 1.24 bits per heavy atom. The Hall–Kier alpha value is -3.26. The number of likely N-dealkylation sites (N-methyl/N-ethyl adjacent to an activating group) is 1. The Bertz CT molecular complexity index is 956. The van der Waals surface area contributed by atoms with Gasteiger partial charge in [-0.1, -0.05) is 12.1 Å². The second kappa shape index (κ2) is 9.29. The Labute approximate surface area is 168 Å². The third kappa shape index (κ3) is 5.17. The highest BCUT2D eigenvalue weighted by molar-refractivity contribution is 5.81. The maximum atomic E-state index is 12.3. The molecule has 2 aromatic heterocycles. The zero-order valence-electron chi connectivity index (χ0n) is 16.4. The van der Waals surface area contributed by atoms with Crippen molar-refractivity contribution in [2.75, 3.05) is 33.9 Å². The lowest BCUT2D eigenvalue weighted by Gasteiger charge is -2.17. The first kappa shape index (κ1) is 20.5. The van der Waals surface area contributed by atoms with E-state index in [-0.39, 0.29) is 6.61 Å². The van der Waals surface area contributed by atoms with Crippen molar-refractivity contribution in [3.05, 3.63) is 54.4 Å². The maximum Gasteiger partial charge on any atom is 0.227 e. The smallest absolute Gasteiger partial charge is 0.227 e. The molecule has 1 amide bonds. The molecule has 2 heterocycles. The van der Waals surface area contributed by atoms with Crippen molar-refractivity contribution >= 4 is 5.91 Å². The molecule has 3 aromatic rings. The van der Waals surface area contributed by atoms with Crippen LogP contribution in [-0.4, -0.2) is 59.9 Å². The number of ether oxygens (including phenoxy) is 1. The van der Waals surface area contributed by atoms with Crippen LogP contribution in [0.3, 0.4) is 0 Å². The fourth-order valence-corrected chi connectivity index (χ4v) is 2.98. The van der Waals surface area contributed by atoms with Crippen molar-refractivity contribution in [2.24, 2.45) is 5.73 Å². The molecule has 0 bridgehead atoms. The van der Waals surface area contributed by atoms with E-state index in [0.717, 1.165) is 22.5 Å². The number of H-pyrrole nitrogens is 1. The number of primary amides is 1. The van der Waals surface area contributed by atoms with Crippen LogP contribution in [0.4, 0.5) is 4.39 Å². The van der Waals surface area contributed by atoms with Gasteiger partial charge in [-0.05, 0) is 44.4 Å². The van der Waals surface area contributed by atoms with Crippen molar-refractivity contribution < 1.29 is 13.9 Å². The van der Waals surface area contributed by atoms with E-state index in [2.05, 4.69) is 15.2 Å². The monoisotopic (exact) mass is 397 g/mol. The second-order valence-electron chi connectivity index (χ2n) is 6.92. The molecule has 1 unspecified atom stereocenters. The topological polar surface area (TPSA) is 97.1 Å². The minimum Gasteiger partial charge on any atom is -0.491 e. The molecule has 29 heavy (non-hydrogen) atoms. The van der Waals surface area contributed by atoms with Gasteiger partial charge in [-0.25, -0.2) is 4.39 Å².